The Morgan fingerprint density at radius 1 is 1.00 bits per heavy atom. The van der Waals surface area contributed by atoms with Gasteiger partial charge in [0.05, 0.1) is 6.10 Å². The van der Waals surface area contributed by atoms with Gasteiger partial charge in [0.15, 0.2) is 5.79 Å². The van der Waals surface area contributed by atoms with Crippen molar-refractivity contribution in [2.24, 2.45) is 23.2 Å². The molecular formula is C18H28O3. The van der Waals surface area contributed by atoms with Crippen LogP contribution in [0.2, 0.25) is 0 Å². The van der Waals surface area contributed by atoms with Gasteiger partial charge < -0.3 is 4.74 Å². The first-order chi connectivity index (χ1) is 9.87. The molecule has 5 fully saturated rings. The fourth-order valence-corrected chi connectivity index (χ4v) is 5.92. The van der Waals surface area contributed by atoms with E-state index in [-0.39, 0.29) is 12.2 Å². The summed E-state index contributed by atoms with van der Waals surface area (Å²) in [6.07, 6.45) is 8.27. The minimum Gasteiger partial charge on any atom is -0.341 e. The molecule has 1 heterocycles. The van der Waals surface area contributed by atoms with Crippen LogP contribution >= 0.6 is 0 Å². The predicted octanol–water partition coefficient (Wildman–Crippen LogP) is 4.23. The third kappa shape index (κ3) is 2.29. The van der Waals surface area contributed by atoms with Gasteiger partial charge in [-0.25, -0.2) is 9.78 Å². The molecule has 3 nitrogen and oxygen atoms in total. The molecule has 0 aromatic carbocycles. The molecule has 0 aromatic rings. The lowest BCUT2D eigenvalue weighted by atomic mass is 9.47. The Kier molecular flexibility index (Phi) is 3.09. The first-order valence-electron chi connectivity index (χ1n) is 8.55. The summed E-state index contributed by atoms with van der Waals surface area (Å²) in [6.45, 7) is 10.1. The SMILES string of the molecule is C=C(C)[C@@H]1OOC(C)(C)O[C@H]1C12CC3CC(CC(C3)C1)C2. The summed E-state index contributed by atoms with van der Waals surface area (Å²) in [6, 6.07) is 0. The van der Waals surface area contributed by atoms with Crippen molar-refractivity contribution in [3.8, 4) is 0 Å². The molecule has 5 rings (SSSR count). The lowest BCUT2D eigenvalue weighted by Gasteiger charge is -2.61. The maximum atomic E-state index is 6.42. The summed E-state index contributed by atoms with van der Waals surface area (Å²) in [5.74, 6) is 2.09. The number of hydrogen-bond donors (Lipinski definition) is 0. The molecule has 1 aliphatic heterocycles. The lowest BCUT2D eigenvalue weighted by molar-refractivity contribution is -0.498. The molecule has 5 aliphatic rings. The van der Waals surface area contributed by atoms with Crippen molar-refractivity contribution in [2.45, 2.75) is 77.3 Å². The molecule has 4 bridgehead atoms. The standard InChI is InChI=1S/C18H28O3/c1-11(2)15-16(19-17(3,4)21-20-15)18-8-12-5-13(9-18)7-14(6-12)10-18/h12-16H,1,5-10H2,2-4H3/t12?,13?,14?,15-,16+,18?/m0/s1. The molecule has 4 saturated carbocycles. The zero-order valence-electron chi connectivity index (χ0n) is 13.6. The smallest absolute Gasteiger partial charge is 0.196 e. The van der Waals surface area contributed by atoms with Crippen molar-refractivity contribution >= 4 is 0 Å². The monoisotopic (exact) mass is 292 g/mol. The largest absolute Gasteiger partial charge is 0.341 e. The van der Waals surface area contributed by atoms with E-state index in [0.717, 1.165) is 23.3 Å². The highest BCUT2D eigenvalue weighted by Crippen LogP contribution is 2.63. The lowest BCUT2D eigenvalue weighted by Crippen LogP contribution is -2.60. The van der Waals surface area contributed by atoms with E-state index < -0.39 is 5.79 Å². The molecule has 3 heteroatoms. The maximum absolute atomic E-state index is 6.42. The van der Waals surface area contributed by atoms with E-state index in [2.05, 4.69) is 6.58 Å². The van der Waals surface area contributed by atoms with E-state index >= 15 is 0 Å². The van der Waals surface area contributed by atoms with E-state index in [1.807, 2.05) is 20.8 Å². The molecule has 2 atom stereocenters. The van der Waals surface area contributed by atoms with Crippen LogP contribution in [-0.4, -0.2) is 18.0 Å². The fraction of sp³-hybridized carbons (Fsp3) is 0.889. The molecule has 0 spiro atoms. The van der Waals surface area contributed by atoms with Crippen LogP contribution in [-0.2, 0) is 14.5 Å². The van der Waals surface area contributed by atoms with E-state index in [0.29, 0.717) is 5.41 Å². The third-order valence-electron chi connectivity index (χ3n) is 6.21. The first kappa shape index (κ1) is 14.2. The van der Waals surface area contributed by atoms with Gasteiger partial charge >= 0.3 is 0 Å². The molecule has 118 valence electrons. The average molecular weight is 292 g/mol. The molecule has 0 amide bonds. The number of rotatable bonds is 2. The Morgan fingerprint density at radius 3 is 2.00 bits per heavy atom. The second-order valence-electron chi connectivity index (χ2n) is 8.66. The molecule has 1 saturated heterocycles. The summed E-state index contributed by atoms with van der Waals surface area (Å²) in [7, 11) is 0. The summed E-state index contributed by atoms with van der Waals surface area (Å²) in [5, 5.41) is 0. The Morgan fingerprint density at radius 2 is 1.52 bits per heavy atom. The van der Waals surface area contributed by atoms with Crippen LogP contribution in [0.4, 0.5) is 0 Å². The van der Waals surface area contributed by atoms with Gasteiger partial charge in [-0.3, -0.25) is 0 Å². The van der Waals surface area contributed by atoms with Crippen LogP contribution in [0, 0.1) is 23.2 Å². The topological polar surface area (TPSA) is 27.7 Å². The molecule has 21 heavy (non-hydrogen) atoms. The summed E-state index contributed by atoms with van der Waals surface area (Å²) in [4.78, 5) is 11.2. The Labute approximate surface area is 128 Å². The minimum atomic E-state index is -0.653. The van der Waals surface area contributed by atoms with Crippen molar-refractivity contribution in [1.82, 2.24) is 0 Å². The molecule has 4 aliphatic carbocycles. The third-order valence-corrected chi connectivity index (χ3v) is 6.21. The van der Waals surface area contributed by atoms with Crippen LogP contribution in [0.15, 0.2) is 12.2 Å². The predicted molar refractivity (Wildman–Crippen MR) is 80.3 cm³/mol. The van der Waals surface area contributed by atoms with Gasteiger partial charge in [0.2, 0.25) is 0 Å². The van der Waals surface area contributed by atoms with Crippen LogP contribution in [0.25, 0.3) is 0 Å². The highest BCUT2D eigenvalue weighted by Gasteiger charge is 2.59. The maximum Gasteiger partial charge on any atom is 0.196 e. The number of hydrogen-bond acceptors (Lipinski definition) is 3. The van der Waals surface area contributed by atoms with Gasteiger partial charge in [-0.2, -0.15) is 0 Å². The Hall–Kier alpha value is -0.380. The van der Waals surface area contributed by atoms with E-state index in [4.69, 9.17) is 14.5 Å². The van der Waals surface area contributed by atoms with Gasteiger partial charge in [-0.1, -0.05) is 6.58 Å². The van der Waals surface area contributed by atoms with E-state index in [1.165, 1.54) is 38.5 Å². The Balaban J connectivity index is 1.67. The fourth-order valence-electron chi connectivity index (χ4n) is 5.92. The van der Waals surface area contributed by atoms with Gasteiger partial charge in [-0.05, 0) is 82.6 Å². The molecule has 0 unspecified atom stereocenters. The molecule has 0 radical (unpaired) electrons. The summed E-state index contributed by atoms with van der Waals surface area (Å²) in [5.41, 5.74) is 1.31. The summed E-state index contributed by atoms with van der Waals surface area (Å²) >= 11 is 0. The van der Waals surface area contributed by atoms with E-state index in [1.54, 1.807) is 0 Å². The van der Waals surface area contributed by atoms with Gasteiger partial charge in [0, 0.05) is 5.41 Å². The molecular weight excluding hydrogens is 264 g/mol. The van der Waals surface area contributed by atoms with Crippen LogP contribution in [0.5, 0.6) is 0 Å². The quantitative estimate of drug-likeness (QED) is 0.563. The van der Waals surface area contributed by atoms with Crippen molar-refractivity contribution < 1.29 is 14.5 Å². The van der Waals surface area contributed by atoms with Crippen LogP contribution < -0.4 is 0 Å². The second-order valence-corrected chi connectivity index (χ2v) is 8.66. The van der Waals surface area contributed by atoms with Crippen molar-refractivity contribution in [3.05, 3.63) is 12.2 Å². The average Bonchev–Trinajstić information content (AvgIpc) is 2.35. The zero-order valence-corrected chi connectivity index (χ0v) is 13.6. The molecule has 0 N–H and O–H groups in total. The van der Waals surface area contributed by atoms with Crippen molar-refractivity contribution in [2.75, 3.05) is 0 Å². The highest BCUT2D eigenvalue weighted by atomic mass is 17.2. The first-order valence-corrected chi connectivity index (χ1v) is 8.55. The van der Waals surface area contributed by atoms with E-state index in [9.17, 15) is 0 Å². The van der Waals surface area contributed by atoms with Crippen molar-refractivity contribution in [1.29, 1.82) is 0 Å². The normalized spacial score (nSPS) is 51.1. The van der Waals surface area contributed by atoms with Crippen LogP contribution in [0.3, 0.4) is 0 Å². The van der Waals surface area contributed by atoms with Gasteiger partial charge in [-0.15, -0.1) is 0 Å². The summed E-state index contributed by atoms with van der Waals surface area (Å²) < 4.78 is 6.42. The Bertz CT molecular complexity index is 418. The zero-order chi connectivity index (χ0) is 14.8. The van der Waals surface area contributed by atoms with Crippen LogP contribution in [0.1, 0.15) is 59.3 Å². The van der Waals surface area contributed by atoms with Gasteiger partial charge in [0.25, 0.3) is 0 Å². The van der Waals surface area contributed by atoms with Gasteiger partial charge in [0.1, 0.15) is 6.10 Å². The number of ether oxygens (including phenoxy) is 1. The molecule has 0 aromatic heterocycles. The van der Waals surface area contributed by atoms with Crippen molar-refractivity contribution in [3.63, 3.8) is 0 Å². The highest BCUT2D eigenvalue weighted by molar-refractivity contribution is 5.12. The minimum absolute atomic E-state index is 0.104. The second kappa shape index (κ2) is 4.56.